The van der Waals surface area contributed by atoms with E-state index in [4.69, 9.17) is 5.26 Å². The minimum absolute atomic E-state index is 0.115. The maximum absolute atomic E-state index is 12.9. The highest BCUT2D eigenvalue weighted by Gasteiger charge is 2.36. The van der Waals surface area contributed by atoms with Gasteiger partial charge in [-0.15, -0.1) is 0 Å². The molecule has 0 aliphatic carbocycles. The molecule has 1 saturated heterocycles. The van der Waals surface area contributed by atoms with Crippen LogP contribution in [0.25, 0.3) is 0 Å². The molecule has 0 spiro atoms. The van der Waals surface area contributed by atoms with Gasteiger partial charge in [-0.3, -0.25) is 0 Å². The summed E-state index contributed by atoms with van der Waals surface area (Å²) in [4.78, 5) is 0.246. The highest BCUT2D eigenvalue weighted by Crippen LogP contribution is 2.36. The number of rotatable bonds is 3. The van der Waals surface area contributed by atoms with Crippen LogP contribution in [0.5, 0.6) is 0 Å². The van der Waals surface area contributed by atoms with Crippen LogP contribution < -0.4 is 0 Å². The summed E-state index contributed by atoms with van der Waals surface area (Å²) in [5, 5.41) is 8.85. The van der Waals surface area contributed by atoms with Crippen molar-refractivity contribution in [2.24, 2.45) is 0 Å². The standard InChI is InChI=1S/C18H18N2O2S/c1-14-4-8-16(9-5-14)18-3-2-12-20(18)23(21,22)17-10-6-15(13-19)7-11-17/h4-11,18H,2-3,12H2,1H3. The Morgan fingerprint density at radius 2 is 1.74 bits per heavy atom. The molecule has 1 atom stereocenters. The Kier molecular flexibility index (Phi) is 4.20. The van der Waals surface area contributed by atoms with Crippen LogP contribution in [0.1, 0.15) is 35.6 Å². The molecule has 1 unspecified atom stereocenters. The van der Waals surface area contributed by atoms with Crippen molar-refractivity contribution in [2.75, 3.05) is 6.54 Å². The predicted molar refractivity (Wildman–Crippen MR) is 88.2 cm³/mol. The van der Waals surface area contributed by atoms with Crippen LogP contribution in [0.15, 0.2) is 53.4 Å². The van der Waals surface area contributed by atoms with E-state index in [1.54, 1.807) is 16.4 Å². The molecule has 1 fully saturated rings. The lowest BCUT2D eigenvalue weighted by Crippen LogP contribution is -2.30. The summed E-state index contributed by atoms with van der Waals surface area (Å²) in [7, 11) is -3.55. The third kappa shape index (κ3) is 3.00. The van der Waals surface area contributed by atoms with E-state index in [0.717, 1.165) is 24.0 Å². The summed E-state index contributed by atoms with van der Waals surface area (Å²) in [5.41, 5.74) is 2.65. The summed E-state index contributed by atoms with van der Waals surface area (Å²) < 4.78 is 27.4. The molecule has 0 bridgehead atoms. The molecule has 0 N–H and O–H groups in total. The van der Waals surface area contributed by atoms with Crippen LogP contribution in [0.4, 0.5) is 0 Å². The maximum atomic E-state index is 12.9. The van der Waals surface area contributed by atoms with Crippen molar-refractivity contribution in [3.8, 4) is 6.07 Å². The van der Waals surface area contributed by atoms with Gasteiger partial charge in [-0.25, -0.2) is 8.42 Å². The van der Waals surface area contributed by atoms with E-state index in [1.165, 1.54) is 12.1 Å². The average molecular weight is 326 g/mol. The molecular weight excluding hydrogens is 308 g/mol. The minimum atomic E-state index is -3.55. The number of sulfonamides is 1. The van der Waals surface area contributed by atoms with Gasteiger partial charge in [-0.05, 0) is 49.6 Å². The SMILES string of the molecule is Cc1ccc(C2CCCN2S(=O)(=O)c2ccc(C#N)cc2)cc1. The quantitative estimate of drug-likeness (QED) is 0.868. The zero-order valence-corrected chi connectivity index (χ0v) is 13.8. The second-order valence-electron chi connectivity index (χ2n) is 5.82. The third-order valence-corrected chi connectivity index (χ3v) is 6.18. The molecule has 23 heavy (non-hydrogen) atoms. The average Bonchev–Trinajstić information content (AvgIpc) is 3.06. The first-order valence-electron chi connectivity index (χ1n) is 7.61. The highest BCUT2D eigenvalue weighted by molar-refractivity contribution is 7.89. The summed E-state index contributed by atoms with van der Waals surface area (Å²) >= 11 is 0. The van der Waals surface area contributed by atoms with Crippen molar-refractivity contribution >= 4 is 10.0 Å². The lowest BCUT2D eigenvalue weighted by Gasteiger charge is -2.24. The Morgan fingerprint density at radius 1 is 1.09 bits per heavy atom. The fourth-order valence-corrected chi connectivity index (χ4v) is 4.67. The summed E-state index contributed by atoms with van der Waals surface area (Å²) in [6.45, 7) is 2.55. The molecule has 1 aliphatic heterocycles. The molecule has 3 rings (SSSR count). The van der Waals surface area contributed by atoms with E-state index in [1.807, 2.05) is 37.3 Å². The number of benzene rings is 2. The molecular formula is C18H18N2O2S. The Balaban J connectivity index is 1.94. The van der Waals surface area contributed by atoms with Crippen molar-refractivity contribution in [1.82, 2.24) is 4.31 Å². The minimum Gasteiger partial charge on any atom is -0.207 e. The zero-order chi connectivity index (χ0) is 16.4. The van der Waals surface area contributed by atoms with E-state index in [0.29, 0.717) is 12.1 Å². The first-order chi connectivity index (χ1) is 11.0. The zero-order valence-electron chi connectivity index (χ0n) is 12.9. The first-order valence-corrected chi connectivity index (χ1v) is 9.05. The number of hydrogen-bond acceptors (Lipinski definition) is 3. The Labute approximate surface area is 137 Å². The van der Waals surface area contributed by atoms with Crippen LogP contribution >= 0.6 is 0 Å². The number of nitrogens with zero attached hydrogens (tertiary/aromatic N) is 2. The van der Waals surface area contributed by atoms with E-state index in [9.17, 15) is 8.42 Å². The molecule has 5 heteroatoms. The molecule has 0 saturated carbocycles. The predicted octanol–water partition coefficient (Wildman–Crippen LogP) is 3.39. The normalized spacial score (nSPS) is 18.7. The second-order valence-corrected chi connectivity index (χ2v) is 7.71. The van der Waals surface area contributed by atoms with Crippen LogP contribution in [0.2, 0.25) is 0 Å². The monoisotopic (exact) mass is 326 g/mol. The first kappa shape index (κ1) is 15.7. The maximum Gasteiger partial charge on any atom is 0.243 e. The third-order valence-electron chi connectivity index (χ3n) is 4.26. The fourth-order valence-electron chi connectivity index (χ4n) is 2.99. The van der Waals surface area contributed by atoms with E-state index in [2.05, 4.69) is 0 Å². The lowest BCUT2D eigenvalue weighted by molar-refractivity contribution is 0.396. The van der Waals surface area contributed by atoms with Crippen LogP contribution in [-0.2, 0) is 10.0 Å². The van der Waals surface area contributed by atoms with E-state index >= 15 is 0 Å². The summed E-state index contributed by atoms with van der Waals surface area (Å²) in [6, 6.07) is 16.0. The van der Waals surface area contributed by atoms with Crippen molar-refractivity contribution in [3.63, 3.8) is 0 Å². The van der Waals surface area contributed by atoms with E-state index < -0.39 is 10.0 Å². The Hall–Kier alpha value is -2.16. The molecule has 1 heterocycles. The van der Waals surface area contributed by atoms with Gasteiger partial charge in [0.1, 0.15) is 0 Å². The van der Waals surface area contributed by atoms with Gasteiger partial charge in [-0.2, -0.15) is 9.57 Å². The number of hydrogen-bond donors (Lipinski definition) is 0. The van der Waals surface area contributed by atoms with Gasteiger partial charge in [0.15, 0.2) is 0 Å². The van der Waals surface area contributed by atoms with Gasteiger partial charge < -0.3 is 0 Å². The van der Waals surface area contributed by atoms with Crippen molar-refractivity contribution in [3.05, 3.63) is 65.2 Å². The highest BCUT2D eigenvalue weighted by atomic mass is 32.2. The fraction of sp³-hybridized carbons (Fsp3) is 0.278. The van der Waals surface area contributed by atoms with Gasteiger partial charge in [0.2, 0.25) is 10.0 Å². The van der Waals surface area contributed by atoms with E-state index in [-0.39, 0.29) is 10.9 Å². The van der Waals surface area contributed by atoms with Crippen molar-refractivity contribution < 1.29 is 8.42 Å². The molecule has 0 radical (unpaired) electrons. The molecule has 0 amide bonds. The summed E-state index contributed by atoms with van der Waals surface area (Å²) in [6.07, 6.45) is 1.69. The largest absolute Gasteiger partial charge is 0.243 e. The number of nitriles is 1. The topological polar surface area (TPSA) is 61.2 Å². The van der Waals surface area contributed by atoms with Crippen LogP contribution in [0, 0.1) is 18.3 Å². The Morgan fingerprint density at radius 3 is 2.35 bits per heavy atom. The second kappa shape index (κ2) is 6.15. The van der Waals surface area contributed by atoms with Crippen LogP contribution in [0.3, 0.4) is 0 Å². The number of aryl methyl sites for hydroxylation is 1. The van der Waals surface area contributed by atoms with Gasteiger partial charge in [-0.1, -0.05) is 29.8 Å². The van der Waals surface area contributed by atoms with Crippen molar-refractivity contribution in [2.45, 2.75) is 30.7 Å². The van der Waals surface area contributed by atoms with Gasteiger partial charge in [0, 0.05) is 6.54 Å². The van der Waals surface area contributed by atoms with Crippen LogP contribution in [-0.4, -0.2) is 19.3 Å². The smallest absolute Gasteiger partial charge is 0.207 e. The van der Waals surface area contributed by atoms with Gasteiger partial charge in [0.25, 0.3) is 0 Å². The van der Waals surface area contributed by atoms with Gasteiger partial charge in [0.05, 0.1) is 22.6 Å². The van der Waals surface area contributed by atoms with Crippen molar-refractivity contribution in [1.29, 1.82) is 5.26 Å². The molecule has 4 nitrogen and oxygen atoms in total. The molecule has 118 valence electrons. The molecule has 1 aliphatic rings. The summed E-state index contributed by atoms with van der Waals surface area (Å²) in [5.74, 6) is 0. The lowest BCUT2D eigenvalue weighted by atomic mass is 10.0. The molecule has 2 aromatic rings. The van der Waals surface area contributed by atoms with Gasteiger partial charge >= 0.3 is 0 Å². The Bertz CT molecular complexity index is 834. The molecule has 2 aromatic carbocycles. The molecule has 0 aromatic heterocycles.